The Bertz CT molecular complexity index is 518. The van der Waals surface area contributed by atoms with E-state index in [-0.39, 0.29) is 9.37 Å². The van der Waals surface area contributed by atoms with Gasteiger partial charge in [-0.2, -0.15) is 0 Å². The lowest BCUT2D eigenvalue weighted by molar-refractivity contribution is -0.116. The third kappa shape index (κ3) is 3.26. The first-order valence-corrected chi connectivity index (χ1v) is 6.33. The largest absolute Gasteiger partial charge is 0.369 e. The number of sulfonamides is 1. The number of benzene rings is 1. The van der Waals surface area contributed by atoms with Crippen LogP contribution in [0.4, 0.5) is 4.39 Å². The molecule has 0 unspecified atom stereocenters. The Kier molecular flexibility index (Phi) is 4.00. The molecule has 1 rings (SSSR count). The minimum Gasteiger partial charge on any atom is -0.369 e. The summed E-state index contributed by atoms with van der Waals surface area (Å²) in [6.07, 6.45) is 0. The lowest BCUT2D eigenvalue weighted by Crippen LogP contribution is -2.33. The maximum Gasteiger partial charge on any atom is 0.242 e. The zero-order valence-corrected chi connectivity index (χ0v) is 10.3. The Hall–Kier alpha value is -0.990. The van der Waals surface area contributed by atoms with Crippen molar-refractivity contribution in [2.45, 2.75) is 4.90 Å². The lowest BCUT2D eigenvalue weighted by atomic mass is 10.3. The van der Waals surface area contributed by atoms with Crippen molar-refractivity contribution in [2.24, 2.45) is 5.73 Å². The molecule has 0 fully saturated rings. The number of nitrogens with one attached hydrogen (secondary N) is 1. The summed E-state index contributed by atoms with van der Waals surface area (Å²) in [6, 6.07) is 3.10. The molecule has 0 aliphatic carbocycles. The van der Waals surface area contributed by atoms with Gasteiger partial charge in [-0.05, 0) is 34.1 Å². The minimum atomic E-state index is -3.87. The summed E-state index contributed by atoms with van der Waals surface area (Å²) in [5.74, 6) is -1.37. The summed E-state index contributed by atoms with van der Waals surface area (Å²) < 4.78 is 38.0. The Morgan fingerprint density at radius 3 is 2.62 bits per heavy atom. The summed E-state index contributed by atoms with van der Waals surface area (Å²) in [5.41, 5.74) is 4.80. The highest BCUT2D eigenvalue weighted by atomic mass is 79.9. The second-order valence-electron chi connectivity index (χ2n) is 2.87. The number of halogens is 2. The molecule has 0 heterocycles. The first kappa shape index (κ1) is 13.1. The number of nitrogens with two attached hydrogens (primary N) is 1. The van der Waals surface area contributed by atoms with Crippen molar-refractivity contribution in [3.8, 4) is 0 Å². The molecule has 1 aromatic rings. The number of amides is 1. The van der Waals surface area contributed by atoms with Gasteiger partial charge in [0.2, 0.25) is 15.9 Å². The maximum atomic E-state index is 12.7. The molecule has 0 atom stereocenters. The highest BCUT2D eigenvalue weighted by Crippen LogP contribution is 2.22. The van der Waals surface area contributed by atoms with Gasteiger partial charge in [-0.3, -0.25) is 4.79 Å². The molecule has 0 spiro atoms. The zero-order chi connectivity index (χ0) is 12.3. The highest BCUT2D eigenvalue weighted by molar-refractivity contribution is 9.10. The van der Waals surface area contributed by atoms with E-state index in [0.717, 1.165) is 18.2 Å². The number of hydrogen-bond acceptors (Lipinski definition) is 3. The quantitative estimate of drug-likeness (QED) is 0.841. The lowest BCUT2D eigenvalue weighted by Gasteiger charge is -2.06. The van der Waals surface area contributed by atoms with Gasteiger partial charge in [-0.15, -0.1) is 0 Å². The van der Waals surface area contributed by atoms with E-state index in [4.69, 9.17) is 5.73 Å². The van der Waals surface area contributed by atoms with Crippen LogP contribution in [-0.4, -0.2) is 20.9 Å². The molecule has 0 saturated carbocycles. The molecule has 16 heavy (non-hydrogen) atoms. The Balaban J connectivity index is 3.03. The van der Waals surface area contributed by atoms with Gasteiger partial charge in [0.15, 0.2) is 0 Å². The van der Waals surface area contributed by atoms with E-state index in [1.807, 2.05) is 4.72 Å². The summed E-state index contributed by atoms with van der Waals surface area (Å²) >= 11 is 2.91. The van der Waals surface area contributed by atoms with Crippen LogP contribution in [0.5, 0.6) is 0 Å². The van der Waals surface area contributed by atoms with Crippen molar-refractivity contribution in [1.29, 1.82) is 0 Å². The molecule has 1 aromatic carbocycles. The summed E-state index contributed by atoms with van der Waals surface area (Å²) in [5, 5.41) is 0. The van der Waals surface area contributed by atoms with Crippen LogP contribution in [0.2, 0.25) is 0 Å². The number of carbonyl (C=O) groups is 1. The predicted molar refractivity (Wildman–Crippen MR) is 58.5 cm³/mol. The van der Waals surface area contributed by atoms with Crippen LogP contribution in [0.1, 0.15) is 0 Å². The van der Waals surface area contributed by atoms with Gasteiger partial charge in [0, 0.05) is 4.47 Å². The highest BCUT2D eigenvalue weighted by Gasteiger charge is 2.18. The maximum absolute atomic E-state index is 12.7. The minimum absolute atomic E-state index is 0.0736. The summed E-state index contributed by atoms with van der Waals surface area (Å²) in [7, 11) is -3.87. The van der Waals surface area contributed by atoms with E-state index in [2.05, 4.69) is 15.9 Å². The van der Waals surface area contributed by atoms with Crippen molar-refractivity contribution in [1.82, 2.24) is 4.72 Å². The van der Waals surface area contributed by atoms with E-state index >= 15 is 0 Å². The van der Waals surface area contributed by atoms with Gasteiger partial charge >= 0.3 is 0 Å². The van der Waals surface area contributed by atoms with Gasteiger partial charge in [-0.25, -0.2) is 17.5 Å². The topological polar surface area (TPSA) is 89.3 Å². The van der Waals surface area contributed by atoms with Crippen molar-refractivity contribution in [3.05, 3.63) is 28.5 Å². The number of rotatable bonds is 4. The molecule has 3 N–H and O–H groups in total. The van der Waals surface area contributed by atoms with E-state index in [9.17, 15) is 17.6 Å². The molecule has 0 aromatic heterocycles. The third-order valence-electron chi connectivity index (χ3n) is 1.62. The van der Waals surface area contributed by atoms with Gasteiger partial charge in [0.1, 0.15) is 5.82 Å². The molecular weight excluding hydrogens is 303 g/mol. The summed E-state index contributed by atoms with van der Waals surface area (Å²) in [6.45, 7) is -0.508. The second kappa shape index (κ2) is 4.89. The third-order valence-corrected chi connectivity index (χ3v) is 4.00. The normalized spacial score (nSPS) is 11.4. The molecule has 88 valence electrons. The average molecular weight is 311 g/mol. The fraction of sp³-hybridized carbons (Fsp3) is 0.125. The molecule has 1 amide bonds. The van der Waals surface area contributed by atoms with E-state index in [1.165, 1.54) is 0 Å². The number of carbonyl (C=O) groups excluding carboxylic acids is 1. The molecule has 0 aliphatic heterocycles. The van der Waals surface area contributed by atoms with E-state index < -0.39 is 28.3 Å². The van der Waals surface area contributed by atoms with Crippen LogP contribution in [-0.2, 0) is 14.8 Å². The van der Waals surface area contributed by atoms with Gasteiger partial charge in [0.25, 0.3) is 0 Å². The number of primary amides is 1. The zero-order valence-electron chi connectivity index (χ0n) is 7.91. The van der Waals surface area contributed by atoms with Crippen molar-refractivity contribution >= 4 is 31.9 Å². The molecular formula is C8H8BrFN2O3S. The van der Waals surface area contributed by atoms with Crippen LogP contribution < -0.4 is 10.5 Å². The van der Waals surface area contributed by atoms with Gasteiger partial charge in [0.05, 0.1) is 11.4 Å². The monoisotopic (exact) mass is 310 g/mol. The summed E-state index contributed by atoms with van der Waals surface area (Å²) in [4.78, 5) is 10.3. The molecule has 0 saturated heterocycles. The van der Waals surface area contributed by atoms with Gasteiger partial charge in [-0.1, -0.05) is 0 Å². The molecule has 5 nitrogen and oxygen atoms in total. The Labute approximate surface area is 100 Å². The van der Waals surface area contributed by atoms with E-state index in [0.29, 0.717) is 0 Å². The van der Waals surface area contributed by atoms with Gasteiger partial charge < -0.3 is 5.73 Å². The van der Waals surface area contributed by atoms with E-state index in [1.54, 1.807) is 0 Å². The fourth-order valence-corrected chi connectivity index (χ4v) is 2.98. The Morgan fingerprint density at radius 1 is 1.50 bits per heavy atom. The van der Waals surface area contributed by atoms with Crippen LogP contribution in [0, 0.1) is 5.82 Å². The van der Waals surface area contributed by atoms with Crippen LogP contribution >= 0.6 is 15.9 Å². The fourth-order valence-electron chi connectivity index (χ4n) is 0.937. The van der Waals surface area contributed by atoms with Crippen molar-refractivity contribution in [3.63, 3.8) is 0 Å². The number of hydrogen-bond donors (Lipinski definition) is 2. The van der Waals surface area contributed by atoms with Crippen molar-refractivity contribution < 1.29 is 17.6 Å². The molecule has 0 aliphatic rings. The smallest absolute Gasteiger partial charge is 0.242 e. The van der Waals surface area contributed by atoms with Crippen LogP contribution in [0.15, 0.2) is 27.6 Å². The van der Waals surface area contributed by atoms with Crippen LogP contribution in [0.3, 0.4) is 0 Å². The predicted octanol–water partition coefficient (Wildman–Crippen LogP) is 0.352. The molecule has 0 bridgehead atoms. The second-order valence-corrected chi connectivity index (χ2v) is 5.46. The molecule has 0 radical (unpaired) electrons. The first-order chi connectivity index (χ1) is 7.33. The van der Waals surface area contributed by atoms with Crippen molar-refractivity contribution in [2.75, 3.05) is 6.54 Å². The Morgan fingerprint density at radius 2 is 2.12 bits per heavy atom. The standard InChI is InChI=1S/C8H8BrFN2O3S/c9-6-3-5(10)1-2-7(6)16(14,15)12-4-8(11)13/h1-3,12H,4H2,(H2,11,13). The van der Waals surface area contributed by atoms with Crippen LogP contribution in [0.25, 0.3) is 0 Å². The molecule has 8 heteroatoms. The SMILES string of the molecule is NC(=O)CNS(=O)(=O)c1ccc(F)cc1Br. The average Bonchev–Trinajstić information content (AvgIpc) is 2.14. The first-order valence-electron chi connectivity index (χ1n) is 4.06.